The second kappa shape index (κ2) is 4.80. The molecule has 0 aliphatic carbocycles. The van der Waals surface area contributed by atoms with E-state index in [1.165, 1.54) is 24.5 Å². The minimum atomic E-state index is 1.12. The van der Waals surface area contributed by atoms with E-state index in [0.29, 0.717) is 0 Å². The lowest BCUT2D eigenvalue weighted by molar-refractivity contribution is 0.704. The van der Waals surface area contributed by atoms with Crippen LogP contribution in [-0.2, 0) is 0 Å². The molecular formula is C8H15NS. The Hall–Kier alpha value is 0.0500. The Labute approximate surface area is 67.3 Å². The lowest BCUT2D eigenvalue weighted by Gasteiger charge is -2.12. The van der Waals surface area contributed by atoms with Gasteiger partial charge in [0.05, 0.1) is 0 Å². The Balaban J connectivity index is 2.18. The second-order valence-electron chi connectivity index (χ2n) is 2.46. The van der Waals surface area contributed by atoms with Gasteiger partial charge in [0, 0.05) is 12.3 Å². The molecule has 0 aromatic carbocycles. The Morgan fingerprint density at radius 2 is 2.60 bits per heavy atom. The van der Waals surface area contributed by atoms with Crippen molar-refractivity contribution in [2.24, 2.45) is 0 Å². The van der Waals surface area contributed by atoms with Gasteiger partial charge in [0.2, 0.25) is 0 Å². The molecule has 1 nitrogen and oxygen atoms in total. The van der Waals surface area contributed by atoms with Gasteiger partial charge in [0.1, 0.15) is 0 Å². The Kier molecular flexibility index (Phi) is 3.91. The number of hydrogen-bond acceptors (Lipinski definition) is 2. The van der Waals surface area contributed by atoms with Crippen LogP contribution in [0.5, 0.6) is 0 Å². The monoisotopic (exact) mass is 157 g/mol. The quantitative estimate of drug-likeness (QED) is 0.625. The number of rotatable bonds is 3. The highest BCUT2D eigenvalue weighted by Gasteiger charge is 2.00. The van der Waals surface area contributed by atoms with Crippen molar-refractivity contribution in [3.8, 4) is 0 Å². The molecule has 1 aliphatic rings. The van der Waals surface area contributed by atoms with Crippen molar-refractivity contribution in [1.29, 1.82) is 0 Å². The van der Waals surface area contributed by atoms with Crippen LogP contribution in [0.4, 0.5) is 0 Å². The summed E-state index contributed by atoms with van der Waals surface area (Å²) in [5, 5.41) is 3.36. The van der Waals surface area contributed by atoms with Gasteiger partial charge in [-0.1, -0.05) is 18.6 Å². The summed E-state index contributed by atoms with van der Waals surface area (Å²) >= 11 is 2.01. The topological polar surface area (TPSA) is 12.0 Å². The molecule has 0 aromatic heterocycles. The van der Waals surface area contributed by atoms with Crippen molar-refractivity contribution < 1.29 is 0 Å². The van der Waals surface area contributed by atoms with Crippen LogP contribution >= 0.6 is 11.8 Å². The van der Waals surface area contributed by atoms with Gasteiger partial charge in [-0.25, -0.2) is 0 Å². The molecule has 0 fully saturated rings. The first-order chi connectivity index (χ1) is 4.93. The van der Waals surface area contributed by atoms with Crippen molar-refractivity contribution in [2.45, 2.75) is 13.3 Å². The maximum atomic E-state index is 3.36. The van der Waals surface area contributed by atoms with Gasteiger partial charge in [0.15, 0.2) is 0 Å². The van der Waals surface area contributed by atoms with E-state index in [-0.39, 0.29) is 0 Å². The summed E-state index contributed by atoms with van der Waals surface area (Å²) in [4.78, 5) is 0. The van der Waals surface area contributed by atoms with Gasteiger partial charge in [-0.2, -0.15) is 11.8 Å². The largest absolute Gasteiger partial charge is 0.313 e. The third-order valence-corrected chi connectivity index (χ3v) is 2.58. The molecule has 0 saturated carbocycles. The molecule has 2 heteroatoms. The molecule has 1 N–H and O–H groups in total. The zero-order valence-electron chi connectivity index (χ0n) is 6.52. The maximum absolute atomic E-state index is 3.36. The van der Waals surface area contributed by atoms with E-state index in [1.807, 2.05) is 11.8 Å². The first kappa shape index (κ1) is 8.15. The minimum Gasteiger partial charge on any atom is -0.313 e. The van der Waals surface area contributed by atoms with Crippen LogP contribution in [0.1, 0.15) is 13.3 Å². The van der Waals surface area contributed by atoms with Gasteiger partial charge < -0.3 is 5.32 Å². The van der Waals surface area contributed by atoms with E-state index >= 15 is 0 Å². The standard InChI is InChI=1S/C8H15NS/c1-2-10-7-8-4-3-5-9-6-8/h4,9H,2-3,5-7H2,1H3. The van der Waals surface area contributed by atoms with Crippen molar-refractivity contribution in [1.82, 2.24) is 5.32 Å². The van der Waals surface area contributed by atoms with Gasteiger partial charge in [0.25, 0.3) is 0 Å². The third-order valence-electron chi connectivity index (χ3n) is 1.60. The van der Waals surface area contributed by atoms with Crippen LogP contribution in [-0.4, -0.2) is 24.6 Å². The molecule has 1 rings (SSSR count). The van der Waals surface area contributed by atoms with E-state index in [1.54, 1.807) is 5.57 Å². The third kappa shape index (κ3) is 2.76. The lowest BCUT2D eigenvalue weighted by Crippen LogP contribution is -2.23. The van der Waals surface area contributed by atoms with Crippen LogP contribution in [0.3, 0.4) is 0 Å². The highest BCUT2D eigenvalue weighted by molar-refractivity contribution is 7.99. The van der Waals surface area contributed by atoms with Crippen LogP contribution in [0.25, 0.3) is 0 Å². The summed E-state index contributed by atoms with van der Waals surface area (Å²) in [5.74, 6) is 2.46. The predicted molar refractivity (Wildman–Crippen MR) is 48.6 cm³/mol. The average Bonchev–Trinajstić information content (AvgIpc) is 2.03. The Bertz CT molecular complexity index is 120. The molecule has 0 saturated heterocycles. The Morgan fingerprint density at radius 1 is 1.70 bits per heavy atom. The zero-order chi connectivity index (χ0) is 7.23. The molecule has 1 heterocycles. The number of nitrogens with one attached hydrogen (secondary N) is 1. The molecule has 1 aliphatic heterocycles. The fourth-order valence-corrected chi connectivity index (χ4v) is 1.73. The highest BCUT2D eigenvalue weighted by atomic mass is 32.2. The lowest BCUT2D eigenvalue weighted by atomic mass is 10.2. The SMILES string of the molecule is CCSCC1=CCCNC1. The zero-order valence-corrected chi connectivity index (χ0v) is 7.34. The van der Waals surface area contributed by atoms with E-state index in [9.17, 15) is 0 Å². The fourth-order valence-electron chi connectivity index (χ4n) is 1.04. The highest BCUT2D eigenvalue weighted by Crippen LogP contribution is 2.09. The molecule has 0 amide bonds. The summed E-state index contributed by atoms with van der Waals surface area (Å²) < 4.78 is 0. The normalized spacial score (nSPS) is 18.7. The van der Waals surface area contributed by atoms with Crippen molar-refractivity contribution in [2.75, 3.05) is 24.6 Å². The molecule has 0 unspecified atom stereocenters. The number of thioether (sulfide) groups is 1. The summed E-state index contributed by atoms with van der Waals surface area (Å²) in [6.07, 6.45) is 3.60. The van der Waals surface area contributed by atoms with E-state index in [2.05, 4.69) is 18.3 Å². The minimum absolute atomic E-state index is 1.12. The maximum Gasteiger partial charge on any atom is 0.0173 e. The molecule has 0 radical (unpaired) electrons. The first-order valence-electron chi connectivity index (χ1n) is 3.90. The van der Waals surface area contributed by atoms with Crippen molar-refractivity contribution in [3.63, 3.8) is 0 Å². The predicted octanol–water partition coefficient (Wildman–Crippen LogP) is 1.66. The van der Waals surface area contributed by atoms with Crippen molar-refractivity contribution in [3.05, 3.63) is 11.6 Å². The van der Waals surface area contributed by atoms with Gasteiger partial charge in [-0.15, -0.1) is 0 Å². The van der Waals surface area contributed by atoms with Crippen LogP contribution in [0.15, 0.2) is 11.6 Å². The van der Waals surface area contributed by atoms with E-state index < -0.39 is 0 Å². The molecular weight excluding hydrogens is 142 g/mol. The molecule has 10 heavy (non-hydrogen) atoms. The van der Waals surface area contributed by atoms with Gasteiger partial charge in [-0.05, 0) is 18.7 Å². The summed E-state index contributed by atoms with van der Waals surface area (Å²) in [7, 11) is 0. The van der Waals surface area contributed by atoms with Gasteiger partial charge in [-0.3, -0.25) is 0 Å². The van der Waals surface area contributed by atoms with E-state index in [4.69, 9.17) is 0 Å². The molecule has 0 bridgehead atoms. The molecule has 0 aromatic rings. The smallest absolute Gasteiger partial charge is 0.0173 e. The second-order valence-corrected chi connectivity index (χ2v) is 3.74. The molecule has 0 spiro atoms. The number of hydrogen-bond donors (Lipinski definition) is 1. The molecule has 0 atom stereocenters. The fraction of sp³-hybridized carbons (Fsp3) is 0.750. The van der Waals surface area contributed by atoms with Crippen LogP contribution < -0.4 is 5.32 Å². The summed E-state index contributed by atoms with van der Waals surface area (Å²) in [6, 6.07) is 0. The van der Waals surface area contributed by atoms with Crippen LogP contribution in [0, 0.1) is 0 Å². The molecule has 58 valence electrons. The summed E-state index contributed by atoms with van der Waals surface area (Å²) in [6.45, 7) is 4.49. The summed E-state index contributed by atoms with van der Waals surface area (Å²) in [5.41, 5.74) is 1.58. The van der Waals surface area contributed by atoms with Crippen LogP contribution in [0.2, 0.25) is 0 Å². The van der Waals surface area contributed by atoms with E-state index in [0.717, 1.165) is 6.54 Å². The Morgan fingerprint density at radius 3 is 3.20 bits per heavy atom. The average molecular weight is 157 g/mol. The first-order valence-corrected chi connectivity index (χ1v) is 5.05. The van der Waals surface area contributed by atoms with Gasteiger partial charge >= 0.3 is 0 Å². The van der Waals surface area contributed by atoms with Crippen molar-refractivity contribution >= 4 is 11.8 Å².